The van der Waals surface area contributed by atoms with Gasteiger partial charge in [-0.3, -0.25) is 4.79 Å². The largest absolute Gasteiger partial charge is 0.369 e. The predicted octanol–water partition coefficient (Wildman–Crippen LogP) is 3.78. The van der Waals surface area contributed by atoms with Gasteiger partial charge in [-0.15, -0.1) is 11.3 Å². The second-order valence-electron chi connectivity index (χ2n) is 6.25. The van der Waals surface area contributed by atoms with Gasteiger partial charge in [0.15, 0.2) is 0 Å². The molecule has 0 aliphatic carbocycles. The lowest BCUT2D eigenvalue weighted by Crippen LogP contribution is -2.36. The summed E-state index contributed by atoms with van der Waals surface area (Å²) in [5.74, 6) is 0.965. The summed E-state index contributed by atoms with van der Waals surface area (Å²) in [7, 11) is 0. The van der Waals surface area contributed by atoms with Crippen molar-refractivity contribution < 1.29 is 4.79 Å². The van der Waals surface area contributed by atoms with Crippen LogP contribution >= 0.6 is 11.3 Å². The van der Waals surface area contributed by atoms with E-state index in [9.17, 15) is 4.79 Å². The molecule has 128 valence electrons. The molecule has 3 heterocycles. The topological polar surface area (TPSA) is 58.1 Å². The maximum Gasteiger partial charge on any atom is 0.228 e. The van der Waals surface area contributed by atoms with Crippen LogP contribution in [0.15, 0.2) is 36.7 Å². The Morgan fingerprint density at radius 3 is 3.12 bits per heavy atom. The molecule has 0 bridgehead atoms. The fourth-order valence-corrected chi connectivity index (χ4v) is 4.18. The van der Waals surface area contributed by atoms with Crippen LogP contribution in [0.25, 0.3) is 10.2 Å². The molecule has 0 atom stereocenters. The van der Waals surface area contributed by atoms with E-state index in [-0.39, 0.29) is 5.91 Å². The summed E-state index contributed by atoms with van der Waals surface area (Å²) in [5.41, 5.74) is 2.33. The van der Waals surface area contributed by atoms with Crippen LogP contribution in [0.1, 0.15) is 23.3 Å². The molecule has 0 radical (unpaired) electrons. The van der Waals surface area contributed by atoms with Crippen LogP contribution in [0.5, 0.6) is 0 Å². The molecule has 4 rings (SSSR count). The number of rotatable bonds is 4. The Hall–Kier alpha value is -2.47. The molecular weight excluding hydrogens is 332 g/mol. The Labute approximate surface area is 150 Å². The number of anilines is 2. The molecule has 1 aliphatic heterocycles. The van der Waals surface area contributed by atoms with Gasteiger partial charge in [0.05, 0.1) is 5.39 Å². The lowest BCUT2D eigenvalue weighted by molar-refractivity contribution is -0.118. The van der Waals surface area contributed by atoms with Crippen LogP contribution in [0, 0.1) is 6.92 Å². The van der Waals surface area contributed by atoms with E-state index in [4.69, 9.17) is 0 Å². The SMILES string of the molecule is Cc1cc2c(NCCC(=O)N3CCCc4ccccc43)ncnc2s1. The Bertz CT molecular complexity index is 921. The summed E-state index contributed by atoms with van der Waals surface area (Å²) >= 11 is 1.65. The third kappa shape index (κ3) is 3.22. The average Bonchev–Trinajstić information content (AvgIpc) is 3.02. The summed E-state index contributed by atoms with van der Waals surface area (Å²) in [6, 6.07) is 10.3. The lowest BCUT2D eigenvalue weighted by Gasteiger charge is -2.29. The lowest BCUT2D eigenvalue weighted by atomic mass is 10.0. The molecule has 1 N–H and O–H groups in total. The number of thiophene rings is 1. The number of aryl methyl sites for hydroxylation is 2. The monoisotopic (exact) mass is 352 g/mol. The summed E-state index contributed by atoms with van der Waals surface area (Å²) < 4.78 is 0. The maximum absolute atomic E-state index is 12.7. The van der Waals surface area contributed by atoms with E-state index >= 15 is 0 Å². The van der Waals surface area contributed by atoms with E-state index in [2.05, 4.69) is 34.3 Å². The summed E-state index contributed by atoms with van der Waals surface area (Å²) in [6.45, 7) is 3.43. The minimum Gasteiger partial charge on any atom is -0.369 e. The third-order valence-corrected chi connectivity index (χ3v) is 5.45. The zero-order valence-electron chi connectivity index (χ0n) is 14.2. The molecule has 1 amide bonds. The highest BCUT2D eigenvalue weighted by Gasteiger charge is 2.21. The van der Waals surface area contributed by atoms with Crippen LogP contribution in [-0.2, 0) is 11.2 Å². The fourth-order valence-electron chi connectivity index (χ4n) is 3.33. The van der Waals surface area contributed by atoms with Gasteiger partial charge in [0.2, 0.25) is 5.91 Å². The van der Waals surface area contributed by atoms with Crippen molar-refractivity contribution in [3.05, 3.63) is 47.1 Å². The summed E-state index contributed by atoms with van der Waals surface area (Å²) in [6.07, 6.45) is 4.10. The molecule has 3 aromatic rings. The normalized spacial score (nSPS) is 13.7. The zero-order chi connectivity index (χ0) is 17.2. The number of para-hydroxylation sites is 1. The van der Waals surface area contributed by atoms with Gasteiger partial charge in [0, 0.05) is 30.1 Å². The van der Waals surface area contributed by atoms with Crippen LogP contribution in [-0.4, -0.2) is 29.0 Å². The number of carbonyl (C=O) groups is 1. The van der Waals surface area contributed by atoms with Gasteiger partial charge in [-0.1, -0.05) is 18.2 Å². The Balaban J connectivity index is 1.43. The number of fused-ring (bicyclic) bond motifs is 2. The molecule has 0 spiro atoms. The molecule has 1 aromatic carbocycles. The quantitative estimate of drug-likeness (QED) is 0.776. The van der Waals surface area contributed by atoms with Gasteiger partial charge >= 0.3 is 0 Å². The van der Waals surface area contributed by atoms with E-state index in [1.807, 2.05) is 23.1 Å². The smallest absolute Gasteiger partial charge is 0.228 e. The highest BCUT2D eigenvalue weighted by molar-refractivity contribution is 7.18. The first-order valence-corrected chi connectivity index (χ1v) is 9.37. The zero-order valence-corrected chi connectivity index (χ0v) is 15.0. The van der Waals surface area contributed by atoms with Crippen LogP contribution in [0.3, 0.4) is 0 Å². The molecule has 25 heavy (non-hydrogen) atoms. The number of hydrogen-bond acceptors (Lipinski definition) is 5. The molecule has 2 aromatic heterocycles. The minimum absolute atomic E-state index is 0.159. The highest BCUT2D eigenvalue weighted by atomic mass is 32.1. The van der Waals surface area contributed by atoms with Crippen molar-refractivity contribution in [3.63, 3.8) is 0 Å². The van der Waals surface area contributed by atoms with Crippen molar-refractivity contribution in [2.45, 2.75) is 26.2 Å². The number of benzene rings is 1. The summed E-state index contributed by atoms with van der Waals surface area (Å²) in [5, 5.41) is 4.33. The van der Waals surface area contributed by atoms with Crippen molar-refractivity contribution in [1.82, 2.24) is 9.97 Å². The van der Waals surface area contributed by atoms with Crippen molar-refractivity contribution in [3.8, 4) is 0 Å². The fraction of sp³-hybridized carbons (Fsp3) is 0.316. The predicted molar refractivity (Wildman–Crippen MR) is 102 cm³/mol. The maximum atomic E-state index is 12.7. The molecule has 1 aliphatic rings. The van der Waals surface area contributed by atoms with Crippen LogP contribution in [0.4, 0.5) is 11.5 Å². The Kier molecular flexibility index (Phi) is 4.36. The molecular formula is C19H20N4OS. The molecule has 6 heteroatoms. The van der Waals surface area contributed by atoms with E-state index in [0.717, 1.165) is 41.1 Å². The number of hydrogen-bond donors (Lipinski definition) is 1. The van der Waals surface area contributed by atoms with Gasteiger partial charge in [0.25, 0.3) is 0 Å². The number of amides is 1. The molecule has 0 saturated heterocycles. The van der Waals surface area contributed by atoms with E-state index < -0.39 is 0 Å². The van der Waals surface area contributed by atoms with Crippen LogP contribution in [0.2, 0.25) is 0 Å². The van der Waals surface area contributed by atoms with Crippen LogP contribution < -0.4 is 10.2 Å². The van der Waals surface area contributed by atoms with E-state index in [0.29, 0.717) is 13.0 Å². The van der Waals surface area contributed by atoms with Gasteiger partial charge < -0.3 is 10.2 Å². The van der Waals surface area contributed by atoms with E-state index in [1.54, 1.807) is 17.7 Å². The first-order valence-electron chi connectivity index (χ1n) is 8.55. The van der Waals surface area contributed by atoms with Gasteiger partial charge in [-0.25, -0.2) is 9.97 Å². The third-order valence-electron chi connectivity index (χ3n) is 4.50. The molecule has 0 saturated carbocycles. The average molecular weight is 352 g/mol. The number of aromatic nitrogens is 2. The van der Waals surface area contributed by atoms with Crippen molar-refractivity contribution in [2.24, 2.45) is 0 Å². The second kappa shape index (κ2) is 6.80. The Morgan fingerprint density at radius 2 is 2.20 bits per heavy atom. The minimum atomic E-state index is 0.159. The Morgan fingerprint density at radius 1 is 1.32 bits per heavy atom. The molecule has 5 nitrogen and oxygen atoms in total. The van der Waals surface area contributed by atoms with Crippen molar-refractivity contribution >= 4 is 39.0 Å². The standard InChI is InChI=1S/C19H20N4OS/c1-13-11-15-18(21-12-22-19(15)25-13)20-9-8-17(24)23-10-4-6-14-5-2-3-7-16(14)23/h2-3,5,7,11-12H,4,6,8-10H2,1H3,(H,20,21,22). The van der Waals surface area contributed by atoms with E-state index in [1.165, 1.54) is 10.4 Å². The van der Waals surface area contributed by atoms with Gasteiger partial charge in [0.1, 0.15) is 17.0 Å². The van der Waals surface area contributed by atoms with Crippen molar-refractivity contribution in [1.29, 1.82) is 0 Å². The summed E-state index contributed by atoms with van der Waals surface area (Å²) in [4.78, 5) is 25.4. The number of carbonyl (C=O) groups excluding carboxylic acids is 1. The first-order chi connectivity index (χ1) is 12.2. The second-order valence-corrected chi connectivity index (χ2v) is 7.49. The molecule has 0 unspecified atom stereocenters. The van der Waals surface area contributed by atoms with Crippen molar-refractivity contribution in [2.75, 3.05) is 23.3 Å². The number of nitrogens with zero attached hydrogens (tertiary/aromatic N) is 3. The van der Waals surface area contributed by atoms with Gasteiger partial charge in [-0.05, 0) is 37.5 Å². The molecule has 0 fully saturated rings. The van der Waals surface area contributed by atoms with Gasteiger partial charge in [-0.2, -0.15) is 0 Å². The highest BCUT2D eigenvalue weighted by Crippen LogP contribution is 2.28. The number of nitrogens with one attached hydrogen (secondary N) is 1. The first kappa shape index (κ1) is 16.0.